The van der Waals surface area contributed by atoms with Gasteiger partial charge in [-0.25, -0.2) is 9.97 Å². The molecule has 1 fully saturated rings. The SMILES string of the molecule is O=C(Cc1ccc(Cl)c(Cl)c1)N1CCN(c2ncnc3sccc23)CC1. The van der Waals surface area contributed by atoms with Crippen molar-refractivity contribution in [1.29, 1.82) is 0 Å². The number of piperazine rings is 1. The quantitative estimate of drug-likeness (QED) is 0.661. The summed E-state index contributed by atoms with van der Waals surface area (Å²) >= 11 is 13.6. The largest absolute Gasteiger partial charge is 0.352 e. The first kappa shape index (κ1) is 17.5. The predicted molar refractivity (Wildman–Crippen MR) is 106 cm³/mol. The number of thiophene rings is 1. The van der Waals surface area contributed by atoms with Crippen molar-refractivity contribution in [2.45, 2.75) is 6.42 Å². The molecule has 1 aliphatic rings. The molecule has 2 aromatic heterocycles. The summed E-state index contributed by atoms with van der Waals surface area (Å²) in [5.41, 5.74) is 0.877. The minimum atomic E-state index is 0.103. The fraction of sp³-hybridized carbons (Fsp3) is 0.278. The molecule has 0 atom stereocenters. The van der Waals surface area contributed by atoms with Crippen LogP contribution in [0.25, 0.3) is 10.2 Å². The molecule has 1 aliphatic heterocycles. The van der Waals surface area contributed by atoms with E-state index in [-0.39, 0.29) is 5.91 Å². The normalized spacial score (nSPS) is 14.8. The first-order chi connectivity index (χ1) is 12.6. The fourth-order valence-electron chi connectivity index (χ4n) is 3.13. The summed E-state index contributed by atoms with van der Waals surface area (Å²) in [5, 5.41) is 4.08. The third-order valence-corrected chi connectivity index (χ3v) is 6.07. The summed E-state index contributed by atoms with van der Waals surface area (Å²) < 4.78 is 0. The molecule has 1 saturated heterocycles. The Hall–Kier alpha value is -1.89. The van der Waals surface area contributed by atoms with Gasteiger partial charge in [0.1, 0.15) is 17.0 Å². The topological polar surface area (TPSA) is 49.3 Å². The van der Waals surface area contributed by atoms with Crippen molar-refractivity contribution in [2.24, 2.45) is 0 Å². The Morgan fingerprint density at radius 2 is 1.88 bits per heavy atom. The molecule has 26 heavy (non-hydrogen) atoms. The van der Waals surface area contributed by atoms with E-state index >= 15 is 0 Å². The highest BCUT2D eigenvalue weighted by Gasteiger charge is 2.23. The molecule has 134 valence electrons. The molecule has 1 amide bonds. The lowest BCUT2D eigenvalue weighted by Gasteiger charge is -2.35. The zero-order chi connectivity index (χ0) is 18.1. The maximum absolute atomic E-state index is 12.6. The van der Waals surface area contributed by atoms with Gasteiger partial charge in [-0.1, -0.05) is 29.3 Å². The summed E-state index contributed by atoms with van der Waals surface area (Å²) in [6, 6.07) is 7.38. The number of anilines is 1. The van der Waals surface area contributed by atoms with Crippen molar-refractivity contribution < 1.29 is 4.79 Å². The van der Waals surface area contributed by atoms with Crippen LogP contribution in [0.1, 0.15) is 5.56 Å². The number of hydrogen-bond donors (Lipinski definition) is 0. The molecule has 0 bridgehead atoms. The molecular formula is C18H16Cl2N4OS. The highest BCUT2D eigenvalue weighted by atomic mass is 35.5. The van der Waals surface area contributed by atoms with Gasteiger partial charge in [-0.3, -0.25) is 4.79 Å². The molecule has 3 aromatic rings. The van der Waals surface area contributed by atoms with Crippen molar-refractivity contribution in [3.05, 3.63) is 51.6 Å². The monoisotopic (exact) mass is 406 g/mol. The van der Waals surface area contributed by atoms with Crippen molar-refractivity contribution in [3.63, 3.8) is 0 Å². The van der Waals surface area contributed by atoms with Gasteiger partial charge in [0.15, 0.2) is 0 Å². The average Bonchev–Trinajstić information content (AvgIpc) is 3.14. The highest BCUT2D eigenvalue weighted by Crippen LogP contribution is 2.27. The van der Waals surface area contributed by atoms with Gasteiger partial charge in [0.05, 0.1) is 21.9 Å². The van der Waals surface area contributed by atoms with Gasteiger partial charge in [-0.15, -0.1) is 11.3 Å². The first-order valence-corrected chi connectivity index (χ1v) is 9.90. The Balaban J connectivity index is 1.40. The minimum absolute atomic E-state index is 0.103. The number of amides is 1. The summed E-state index contributed by atoms with van der Waals surface area (Å²) in [6.45, 7) is 2.87. The fourth-order valence-corrected chi connectivity index (χ4v) is 4.18. The Morgan fingerprint density at radius 1 is 1.08 bits per heavy atom. The summed E-state index contributed by atoms with van der Waals surface area (Å²) in [6.07, 6.45) is 1.94. The summed E-state index contributed by atoms with van der Waals surface area (Å²) in [4.78, 5) is 26.4. The van der Waals surface area contributed by atoms with Crippen molar-refractivity contribution >= 4 is 56.5 Å². The third kappa shape index (κ3) is 3.49. The second-order valence-corrected chi connectivity index (χ2v) is 7.84. The van der Waals surface area contributed by atoms with Crippen molar-refractivity contribution in [3.8, 4) is 0 Å². The van der Waals surface area contributed by atoms with Gasteiger partial charge >= 0.3 is 0 Å². The highest BCUT2D eigenvalue weighted by molar-refractivity contribution is 7.16. The van der Waals surface area contributed by atoms with Crippen molar-refractivity contribution in [1.82, 2.24) is 14.9 Å². The number of benzene rings is 1. The van der Waals surface area contributed by atoms with Gasteiger partial charge < -0.3 is 9.80 Å². The average molecular weight is 407 g/mol. The molecule has 0 radical (unpaired) electrons. The zero-order valence-electron chi connectivity index (χ0n) is 13.9. The molecule has 4 rings (SSSR count). The van der Waals surface area contributed by atoms with Gasteiger partial charge in [0.25, 0.3) is 0 Å². The molecule has 0 spiro atoms. The lowest BCUT2D eigenvalue weighted by atomic mass is 10.1. The van der Waals surface area contributed by atoms with E-state index in [1.165, 1.54) is 0 Å². The molecule has 3 heterocycles. The number of nitrogens with zero attached hydrogens (tertiary/aromatic N) is 4. The van der Waals surface area contributed by atoms with Crippen LogP contribution >= 0.6 is 34.5 Å². The van der Waals surface area contributed by atoms with Crippen LogP contribution in [0.3, 0.4) is 0 Å². The Bertz CT molecular complexity index is 953. The van der Waals surface area contributed by atoms with Crippen LogP contribution in [0.15, 0.2) is 36.0 Å². The molecule has 8 heteroatoms. The van der Waals surface area contributed by atoms with E-state index in [0.717, 1.165) is 34.7 Å². The van der Waals surface area contributed by atoms with Crippen LogP contribution in [0.2, 0.25) is 10.0 Å². The molecular weight excluding hydrogens is 391 g/mol. The second-order valence-electron chi connectivity index (χ2n) is 6.13. The van der Waals surface area contributed by atoms with E-state index in [0.29, 0.717) is 29.6 Å². The molecule has 1 aromatic carbocycles. The summed E-state index contributed by atoms with van der Waals surface area (Å²) in [7, 11) is 0. The molecule has 0 unspecified atom stereocenters. The number of hydrogen-bond acceptors (Lipinski definition) is 5. The van der Waals surface area contributed by atoms with Crippen LogP contribution in [0, 0.1) is 0 Å². The van der Waals surface area contributed by atoms with Crippen LogP contribution < -0.4 is 4.90 Å². The minimum Gasteiger partial charge on any atom is -0.352 e. The van der Waals surface area contributed by atoms with Gasteiger partial charge in [0.2, 0.25) is 5.91 Å². The maximum Gasteiger partial charge on any atom is 0.227 e. The van der Waals surface area contributed by atoms with E-state index in [4.69, 9.17) is 23.2 Å². The van der Waals surface area contributed by atoms with E-state index in [2.05, 4.69) is 20.9 Å². The first-order valence-electron chi connectivity index (χ1n) is 8.26. The van der Waals surface area contributed by atoms with Gasteiger partial charge in [-0.05, 0) is 29.1 Å². The van der Waals surface area contributed by atoms with Crippen LogP contribution in [-0.2, 0) is 11.2 Å². The molecule has 0 aliphatic carbocycles. The molecule has 0 N–H and O–H groups in total. The van der Waals surface area contributed by atoms with Crippen molar-refractivity contribution in [2.75, 3.05) is 31.1 Å². The lowest BCUT2D eigenvalue weighted by molar-refractivity contribution is -0.130. The number of fused-ring (bicyclic) bond motifs is 1. The Kier molecular flexibility index (Phi) is 4.98. The van der Waals surface area contributed by atoms with Crippen LogP contribution in [0.4, 0.5) is 5.82 Å². The van der Waals surface area contributed by atoms with E-state index in [1.807, 2.05) is 16.3 Å². The number of carbonyl (C=O) groups is 1. The van der Waals surface area contributed by atoms with Crippen LogP contribution in [0.5, 0.6) is 0 Å². The van der Waals surface area contributed by atoms with E-state index < -0.39 is 0 Å². The predicted octanol–water partition coefficient (Wildman–Crippen LogP) is 3.89. The zero-order valence-corrected chi connectivity index (χ0v) is 16.2. The number of aromatic nitrogens is 2. The maximum atomic E-state index is 12.6. The standard InChI is InChI=1S/C18H16Cl2N4OS/c19-14-2-1-12(9-15(14)20)10-16(25)23-4-6-24(7-5-23)17-13-3-8-26-18(13)22-11-21-17/h1-3,8-9,11H,4-7,10H2. The third-order valence-electron chi connectivity index (χ3n) is 4.51. The lowest BCUT2D eigenvalue weighted by Crippen LogP contribution is -2.49. The summed E-state index contributed by atoms with van der Waals surface area (Å²) in [5.74, 6) is 1.05. The van der Waals surface area contributed by atoms with E-state index in [9.17, 15) is 4.79 Å². The molecule has 0 saturated carbocycles. The van der Waals surface area contributed by atoms with Gasteiger partial charge in [-0.2, -0.15) is 0 Å². The second kappa shape index (κ2) is 7.39. The van der Waals surface area contributed by atoms with Crippen LogP contribution in [-0.4, -0.2) is 47.0 Å². The number of rotatable bonds is 3. The molecule has 5 nitrogen and oxygen atoms in total. The Morgan fingerprint density at radius 3 is 2.65 bits per heavy atom. The number of carbonyl (C=O) groups excluding carboxylic acids is 1. The Labute approximate surface area is 165 Å². The number of halogens is 2. The van der Waals surface area contributed by atoms with E-state index in [1.54, 1.807) is 29.8 Å². The van der Waals surface area contributed by atoms with Gasteiger partial charge in [0, 0.05) is 26.2 Å². The smallest absolute Gasteiger partial charge is 0.227 e.